The summed E-state index contributed by atoms with van der Waals surface area (Å²) in [5.74, 6) is 0.771. The molecule has 0 atom stereocenters. The minimum atomic E-state index is -0.00602. The molecule has 1 aliphatic rings. The Hall–Kier alpha value is -2.76. The molecule has 0 saturated carbocycles. The van der Waals surface area contributed by atoms with E-state index in [4.69, 9.17) is 4.98 Å². The third-order valence-electron chi connectivity index (χ3n) is 6.71. The number of thiophene rings is 1. The van der Waals surface area contributed by atoms with E-state index >= 15 is 0 Å². The summed E-state index contributed by atoms with van der Waals surface area (Å²) in [7, 11) is 0. The molecule has 5 rings (SSSR count). The van der Waals surface area contributed by atoms with E-state index in [0.29, 0.717) is 6.54 Å². The zero-order chi connectivity index (χ0) is 23.7. The fraction of sp³-hybridized carbons (Fsp3) is 0.379. The van der Waals surface area contributed by atoms with E-state index in [0.717, 1.165) is 46.8 Å². The van der Waals surface area contributed by atoms with Crippen LogP contribution in [0.4, 0.5) is 0 Å². The van der Waals surface area contributed by atoms with Crippen LogP contribution in [0.3, 0.4) is 0 Å². The Labute approximate surface area is 205 Å². The maximum absolute atomic E-state index is 13.7. The van der Waals surface area contributed by atoms with E-state index in [-0.39, 0.29) is 11.0 Å². The number of likely N-dealkylation sites (tertiary alicyclic amines) is 1. The summed E-state index contributed by atoms with van der Waals surface area (Å²) in [6, 6.07) is 21.0. The van der Waals surface area contributed by atoms with Gasteiger partial charge in [0.25, 0.3) is 5.56 Å². The Morgan fingerprint density at radius 3 is 2.18 bits per heavy atom. The summed E-state index contributed by atoms with van der Waals surface area (Å²) >= 11 is 1.60. The molecule has 0 bridgehead atoms. The normalized spacial score (nSPS) is 15.1. The minimum absolute atomic E-state index is 0.00602. The topological polar surface area (TPSA) is 38.1 Å². The summed E-state index contributed by atoms with van der Waals surface area (Å²) in [5, 5.41) is 0. The van der Waals surface area contributed by atoms with Crippen molar-refractivity contribution in [3.63, 3.8) is 0 Å². The quantitative estimate of drug-likeness (QED) is 0.330. The molecular formula is C29H33N3OS. The van der Waals surface area contributed by atoms with Crippen molar-refractivity contribution in [2.24, 2.45) is 0 Å². The Morgan fingerprint density at radius 1 is 0.853 bits per heavy atom. The lowest BCUT2D eigenvalue weighted by Gasteiger charge is -2.27. The molecule has 1 saturated heterocycles. The second-order valence-electron chi connectivity index (χ2n) is 10.3. The first-order valence-corrected chi connectivity index (χ1v) is 13.1. The number of benzene rings is 2. The first-order chi connectivity index (χ1) is 16.4. The summed E-state index contributed by atoms with van der Waals surface area (Å²) in [6.45, 7) is 10.4. The third-order valence-corrected chi connectivity index (χ3v) is 8.25. The first-order valence-electron chi connectivity index (χ1n) is 12.3. The van der Waals surface area contributed by atoms with Gasteiger partial charge in [-0.25, -0.2) is 4.98 Å². The van der Waals surface area contributed by atoms with E-state index in [2.05, 4.69) is 80.3 Å². The molecule has 1 fully saturated rings. The van der Waals surface area contributed by atoms with Gasteiger partial charge in [0.05, 0.1) is 5.52 Å². The maximum atomic E-state index is 13.7. The van der Waals surface area contributed by atoms with Crippen LogP contribution in [0.2, 0.25) is 0 Å². The van der Waals surface area contributed by atoms with Gasteiger partial charge >= 0.3 is 0 Å². The second kappa shape index (κ2) is 9.47. The Kier molecular flexibility index (Phi) is 6.41. The van der Waals surface area contributed by atoms with Gasteiger partial charge in [-0.15, -0.1) is 11.3 Å². The van der Waals surface area contributed by atoms with Crippen molar-refractivity contribution < 1.29 is 0 Å². The highest BCUT2D eigenvalue weighted by Gasteiger charge is 2.22. The van der Waals surface area contributed by atoms with Crippen LogP contribution < -0.4 is 5.56 Å². The highest BCUT2D eigenvalue weighted by atomic mass is 32.1. The zero-order valence-electron chi connectivity index (χ0n) is 20.4. The molecule has 5 heteroatoms. The van der Waals surface area contributed by atoms with Crippen LogP contribution in [-0.2, 0) is 12.0 Å². The summed E-state index contributed by atoms with van der Waals surface area (Å²) in [4.78, 5) is 22.5. The van der Waals surface area contributed by atoms with Crippen molar-refractivity contribution in [3.8, 4) is 22.5 Å². The van der Waals surface area contributed by atoms with E-state index in [1.807, 2.05) is 10.6 Å². The maximum Gasteiger partial charge on any atom is 0.271 e. The van der Waals surface area contributed by atoms with Gasteiger partial charge in [-0.2, -0.15) is 0 Å². The van der Waals surface area contributed by atoms with Crippen molar-refractivity contribution >= 4 is 21.6 Å². The smallest absolute Gasteiger partial charge is 0.271 e. The molecule has 0 spiro atoms. The largest absolute Gasteiger partial charge is 0.302 e. The van der Waals surface area contributed by atoms with E-state index in [9.17, 15) is 4.79 Å². The zero-order valence-corrected chi connectivity index (χ0v) is 21.2. The Balaban J connectivity index is 1.57. The number of rotatable bonds is 5. The first kappa shape index (κ1) is 23.0. The van der Waals surface area contributed by atoms with Crippen LogP contribution in [0.5, 0.6) is 0 Å². The van der Waals surface area contributed by atoms with Gasteiger partial charge in [-0.1, -0.05) is 81.8 Å². The lowest BCUT2D eigenvalue weighted by atomic mass is 9.95. The molecule has 4 aromatic rings. The van der Waals surface area contributed by atoms with Crippen LogP contribution in [0.25, 0.3) is 32.7 Å². The van der Waals surface area contributed by atoms with Gasteiger partial charge in [-0.3, -0.25) is 9.36 Å². The molecule has 0 radical (unpaired) electrons. The van der Waals surface area contributed by atoms with Gasteiger partial charge < -0.3 is 4.90 Å². The van der Waals surface area contributed by atoms with Crippen LogP contribution in [0.1, 0.15) is 44.9 Å². The fourth-order valence-electron chi connectivity index (χ4n) is 4.68. The van der Waals surface area contributed by atoms with Crippen LogP contribution in [0.15, 0.2) is 65.5 Å². The summed E-state index contributed by atoms with van der Waals surface area (Å²) in [5.41, 5.74) is 4.24. The number of fused-ring (bicyclic) bond motifs is 1. The lowest BCUT2D eigenvalue weighted by Crippen LogP contribution is -2.35. The number of aromatic nitrogens is 2. The number of piperidine rings is 1. The highest BCUT2D eigenvalue weighted by Crippen LogP contribution is 2.33. The fourth-order valence-corrected chi connectivity index (χ4v) is 5.78. The molecule has 0 amide bonds. The van der Waals surface area contributed by atoms with E-state index in [1.54, 1.807) is 11.3 Å². The molecule has 1 aliphatic heterocycles. The monoisotopic (exact) mass is 471 g/mol. The predicted octanol–water partition coefficient (Wildman–Crippen LogP) is 6.58. The van der Waals surface area contributed by atoms with Crippen LogP contribution in [-0.4, -0.2) is 34.1 Å². The van der Waals surface area contributed by atoms with Crippen molar-refractivity contribution in [1.29, 1.82) is 0 Å². The molecule has 0 N–H and O–H groups in total. The second-order valence-corrected chi connectivity index (χ2v) is 11.4. The molecule has 176 valence electrons. The Bertz CT molecular complexity index is 1320. The van der Waals surface area contributed by atoms with Gasteiger partial charge in [0.2, 0.25) is 0 Å². The minimum Gasteiger partial charge on any atom is -0.302 e. The molecule has 2 aromatic heterocycles. The van der Waals surface area contributed by atoms with Crippen molar-refractivity contribution in [2.75, 3.05) is 19.6 Å². The molecule has 4 nitrogen and oxygen atoms in total. The van der Waals surface area contributed by atoms with Crippen molar-refractivity contribution in [2.45, 2.75) is 52.0 Å². The van der Waals surface area contributed by atoms with Crippen molar-refractivity contribution in [3.05, 3.63) is 75.9 Å². The van der Waals surface area contributed by atoms with E-state index in [1.165, 1.54) is 29.7 Å². The molecule has 2 aromatic carbocycles. The lowest BCUT2D eigenvalue weighted by molar-refractivity contribution is 0.220. The molecule has 0 unspecified atom stereocenters. The van der Waals surface area contributed by atoms with Crippen LogP contribution >= 0.6 is 11.3 Å². The highest BCUT2D eigenvalue weighted by molar-refractivity contribution is 7.19. The van der Waals surface area contributed by atoms with Gasteiger partial charge in [0.1, 0.15) is 10.5 Å². The van der Waals surface area contributed by atoms with E-state index < -0.39 is 0 Å². The van der Waals surface area contributed by atoms with Gasteiger partial charge in [0.15, 0.2) is 0 Å². The molecule has 34 heavy (non-hydrogen) atoms. The standard InChI is InChI=1S/C29H33N3OS/c1-29(2,3)25-20-24-26(34-25)28(33)32(19-18-31-16-8-5-9-17-31)27(30-24)23-14-12-22(13-15-23)21-10-6-4-7-11-21/h4,6-7,10-15,20H,5,8-9,16-19H2,1-3H3. The number of hydrogen-bond donors (Lipinski definition) is 0. The SMILES string of the molecule is CC(C)(C)c1cc2nc(-c3ccc(-c4ccccc4)cc3)n(CCN3CCCCC3)c(=O)c2s1. The Morgan fingerprint density at radius 2 is 1.50 bits per heavy atom. The van der Waals surface area contributed by atoms with Gasteiger partial charge in [0, 0.05) is 23.5 Å². The molecular weight excluding hydrogens is 438 g/mol. The molecule has 3 heterocycles. The van der Waals surface area contributed by atoms with Gasteiger partial charge in [-0.05, 0) is 48.5 Å². The number of nitrogens with zero attached hydrogens (tertiary/aromatic N) is 3. The van der Waals surface area contributed by atoms with Crippen molar-refractivity contribution in [1.82, 2.24) is 14.5 Å². The summed E-state index contributed by atoms with van der Waals surface area (Å²) in [6.07, 6.45) is 3.81. The molecule has 0 aliphatic carbocycles. The average molecular weight is 472 g/mol. The third kappa shape index (κ3) is 4.73. The number of hydrogen-bond acceptors (Lipinski definition) is 4. The predicted molar refractivity (Wildman–Crippen MR) is 144 cm³/mol. The average Bonchev–Trinajstić information content (AvgIpc) is 3.30. The van der Waals surface area contributed by atoms with Crippen LogP contribution in [0, 0.1) is 0 Å². The summed E-state index contributed by atoms with van der Waals surface area (Å²) < 4.78 is 2.69.